The molecule has 27 heavy (non-hydrogen) atoms. The molecule has 0 aromatic carbocycles. The number of ether oxygens (including phenoxy) is 2. The van der Waals surface area contributed by atoms with Gasteiger partial charge in [-0.15, -0.1) is 12.4 Å². The fourth-order valence-corrected chi connectivity index (χ4v) is 5.51. The van der Waals surface area contributed by atoms with Crippen molar-refractivity contribution in [2.75, 3.05) is 33.4 Å². The molecule has 3 fully saturated rings. The summed E-state index contributed by atoms with van der Waals surface area (Å²) in [5, 5.41) is 0. The third-order valence-electron chi connectivity index (χ3n) is 6.68. The largest absolute Gasteiger partial charge is 0.380 e. The van der Waals surface area contributed by atoms with Crippen molar-refractivity contribution in [1.29, 1.82) is 0 Å². The van der Waals surface area contributed by atoms with Crippen LogP contribution in [-0.4, -0.2) is 55.2 Å². The molecule has 4 atom stereocenters. The number of fused-ring (bicyclic) bond motifs is 2. The van der Waals surface area contributed by atoms with Gasteiger partial charge in [-0.3, -0.25) is 14.7 Å². The van der Waals surface area contributed by atoms with Gasteiger partial charge in [0, 0.05) is 50.9 Å². The summed E-state index contributed by atoms with van der Waals surface area (Å²) in [6.07, 6.45) is 7.58. The number of methoxy groups -OCH3 is 1. The van der Waals surface area contributed by atoms with Crippen LogP contribution in [0, 0.1) is 11.8 Å². The molecule has 2 aliphatic heterocycles. The maximum absolute atomic E-state index is 11.6. The lowest BCUT2D eigenvalue weighted by Crippen LogP contribution is -2.61. The summed E-state index contributed by atoms with van der Waals surface area (Å²) in [7, 11) is 1.81. The molecule has 1 aromatic heterocycles. The Morgan fingerprint density at radius 1 is 1.30 bits per heavy atom. The number of piperidine rings is 1. The Morgan fingerprint density at radius 3 is 2.63 bits per heavy atom. The molecule has 0 radical (unpaired) electrons. The van der Waals surface area contributed by atoms with E-state index in [4.69, 9.17) is 15.2 Å². The van der Waals surface area contributed by atoms with E-state index in [0.29, 0.717) is 23.6 Å². The Labute approximate surface area is 167 Å². The van der Waals surface area contributed by atoms with Gasteiger partial charge in [-0.1, -0.05) is 6.42 Å². The zero-order valence-corrected chi connectivity index (χ0v) is 16.7. The van der Waals surface area contributed by atoms with E-state index < -0.39 is 5.91 Å². The Hall–Kier alpha value is -1.21. The maximum Gasteiger partial charge on any atom is 0.267 e. The molecule has 2 saturated heterocycles. The van der Waals surface area contributed by atoms with E-state index in [2.05, 4.69) is 9.88 Å². The van der Waals surface area contributed by atoms with Crippen molar-refractivity contribution in [1.82, 2.24) is 9.88 Å². The van der Waals surface area contributed by atoms with Gasteiger partial charge in [-0.2, -0.15) is 0 Å². The monoisotopic (exact) mass is 395 g/mol. The van der Waals surface area contributed by atoms with Crippen molar-refractivity contribution in [3.63, 3.8) is 0 Å². The lowest BCUT2D eigenvalue weighted by Gasteiger charge is -2.57. The van der Waals surface area contributed by atoms with Gasteiger partial charge < -0.3 is 15.2 Å². The summed E-state index contributed by atoms with van der Waals surface area (Å²) in [6, 6.07) is 4.37. The van der Waals surface area contributed by atoms with E-state index in [1.807, 2.05) is 19.2 Å². The van der Waals surface area contributed by atoms with Crippen LogP contribution in [0.1, 0.15) is 48.2 Å². The molecule has 3 aliphatic rings. The van der Waals surface area contributed by atoms with E-state index >= 15 is 0 Å². The highest BCUT2D eigenvalue weighted by atomic mass is 35.5. The molecule has 1 aromatic rings. The van der Waals surface area contributed by atoms with Crippen LogP contribution in [0.5, 0.6) is 0 Å². The van der Waals surface area contributed by atoms with Crippen LogP contribution < -0.4 is 5.73 Å². The Kier molecular flexibility index (Phi) is 6.41. The molecule has 3 heterocycles. The second-order valence-corrected chi connectivity index (χ2v) is 7.94. The number of amides is 1. The van der Waals surface area contributed by atoms with Crippen LogP contribution in [0.3, 0.4) is 0 Å². The second kappa shape index (κ2) is 8.43. The molecular weight excluding hydrogens is 366 g/mol. The van der Waals surface area contributed by atoms with Gasteiger partial charge in [0.15, 0.2) is 0 Å². The average molecular weight is 396 g/mol. The van der Waals surface area contributed by atoms with Crippen LogP contribution in [0.2, 0.25) is 0 Å². The molecule has 0 unspecified atom stereocenters. The van der Waals surface area contributed by atoms with Gasteiger partial charge >= 0.3 is 0 Å². The Morgan fingerprint density at radius 2 is 2.04 bits per heavy atom. The smallest absolute Gasteiger partial charge is 0.267 e. The number of pyridine rings is 1. The van der Waals surface area contributed by atoms with Crippen LogP contribution in [0.25, 0.3) is 0 Å². The molecule has 1 saturated carbocycles. The SMILES string of the molecule is CO[C@@]1(c2ccnc(C(N)=O)c2)[C@@H]2CCC[C@H]1CN([C@@H]1CCCOC1)C2.Cl. The lowest BCUT2D eigenvalue weighted by molar-refractivity contribution is -0.179. The molecular formula is C20H30ClN3O3. The van der Waals surface area contributed by atoms with Crippen molar-refractivity contribution in [3.8, 4) is 0 Å². The fraction of sp³-hybridized carbons (Fsp3) is 0.700. The quantitative estimate of drug-likeness (QED) is 0.846. The van der Waals surface area contributed by atoms with Crippen molar-refractivity contribution in [3.05, 3.63) is 29.6 Å². The molecule has 2 N–H and O–H groups in total. The first kappa shape index (κ1) is 20.5. The number of hydrogen-bond donors (Lipinski definition) is 1. The first-order chi connectivity index (χ1) is 12.6. The minimum absolute atomic E-state index is 0. The molecule has 1 amide bonds. The third kappa shape index (κ3) is 3.60. The third-order valence-corrected chi connectivity index (χ3v) is 6.68. The summed E-state index contributed by atoms with van der Waals surface area (Å²) < 4.78 is 12.0. The average Bonchev–Trinajstić information content (AvgIpc) is 2.67. The van der Waals surface area contributed by atoms with E-state index in [9.17, 15) is 4.79 Å². The van der Waals surface area contributed by atoms with Gasteiger partial charge in [0.1, 0.15) is 11.3 Å². The molecule has 1 aliphatic carbocycles. The van der Waals surface area contributed by atoms with E-state index in [0.717, 1.165) is 51.1 Å². The molecule has 4 rings (SSSR count). The number of halogens is 1. The van der Waals surface area contributed by atoms with Gasteiger partial charge in [-0.25, -0.2) is 0 Å². The highest BCUT2D eigenvalue weighted by Gasteiger charge is 2.54. The normalized spacial score (nSPS) is 33.9. The summed E-state index contributed by atoms with van der Waals surface area (Å²) in [5.41, 5.74) is 6.49. The van der Waals surface area contributed by atoms with E-state index in [1.165, 1.54) is 12.8 Å². The highest BCUT2D eigenvalue weighted by molar-refractivity contribution is 5.90. The number of nitrogens with zero attached hydrogens (tertiary/aromatic N) is 2. The predicted octanol–water partition coefficient (Wildman–Crippen LogP) is 2.35. The standard InChI is InChI=1S/C20H29N3O3.ClH/c1-25-20(14-7-8-22-18(10-14)19(21)24)15-4-2-5-16(20)12-23(11-15)17-6-3-9-26-13-17;/h7-8,10,15-17H,2-6,9,11-13H2,1H3,(H2,21,24);1H/t15-,16+,17-,20+;/m1./s1. The number of likely N-dealkylation sites (tertiary alicyclic amines) is 1. The topological polar surface area (TPSA) is 77.7 Å². The van der Waals surface area contributed by atoms with Crippen molar-refractivity contribution < 1.29 is 14.3 Å². The van der Waals surface area contributed by atoms with Crippen molar-refractivity contribution in [2.45, 2.75) is 43.7 Å². The number of hydrogen-bond acceptors (Lipinski definition) is 5. The number of rotatable bonds is 4. The first-order valence-corrected chi connectivity index (χ1v) is 9.78. The molecule has 150 valence electrons. The highest BCUT2D eigenvalue weighted by Crippen LogP contribution is 2.52. The Balaban J connectivity index is 0.00000210. The number of aromatic nitrogens is 1. The number of carbonyl (C=O) groups excluding carboxylic acids is 1. The number of primary amides is 1. The van der Waals surface area contributed by atoms with Crippen molar-refractivity contribution in [2.24, 2.45) is 17.6 Å². The Bertz CT molecular complexity index is 652. The molecule has 0 spiro atoms. The maximum atomic E-state index is 11.6. The van der Waals surface area contributed by atoms with Crippen LogP contribution in [-0.2, 0) is 15.1 Å². The number of carbonyl (C=O) groups is 1. The molecule has 6 nitrogen and oxygen atoms in total. The zero-order chi connectivity index (χ0) is 18.1. The first-order valence-electron chi connectivity index (χ1n) is 9.78. The lowest BCUT2D eigenvalue weighted by atomic mass is 9.62. The summed E-state index contributed by atoms with van der Waals surface area (Å²) in [5.74, 6) is 0.329. The number of nitrogens with two attached hydrogens (primary N) is 1. The molecule has 7 heteroatoms. The van der Waals surface area contributed by atoms with Gasteiger partial charge in [0.25, 0.3) is 5.91 Å². The van der Waals surface area contributed by atoms with Crippen molar-refractivity contribution >= 4 is 18.3 Å². The fourth-order valence-electron chi connectivity index (χ4n) is 5.51. The van der Waals surface area contributed by atoms with Crippen LogP contribution in [0.4, 0.5) is 0 Å². The van der Waals surface area contributed by atoms with Crippen LogP contribution >= 0.6 is 12.4 Å². The summed E-state index contributed by atoms with van der Waals surface area (Å²) in [4.78, 5) is 18.4. The van der Waals surface area contributed by atoms with Gasteiger partial charge in [0.05, 0.1) is 6.61 Å². The second-order valence-electron chi connectivity index (χ2n) is 7.94. The van der Waals surface area contributed by atoms with Gasteiger partial charge in [-0.05, 0) is 43.4 Å². The van der Waals surface area contributed by atoms with E-state index in [1.54, 1.807) is 6.20 Å². The predicted molar refractivity (Wildman–Crippen MR) is 105 cm³/mol. The summed E-state index contributed by atoms with van der Waals surface area (Å²) >= 11 is 0. The summed E-state index contributed by atoms with van der Waals surface area (Å²) in [6.45, 7) is 3.78. The van der Waals surface area contributed by atoms with E-state index in [-0.39, 0.29) is 18.0 Å². The van der Waals surface area contributed by atoms with Gasteiger partial charge in [0.2, 0.25) is 0 Å². The zero-order valence-electron chi connectivity index (χ0n) is 15.9. The minimum Gasteiger partial charge on any atom is -0.380 e. The van der Waals surface area contributed by atoms with Crippen LogP contribution in [0.15, 0.2) is 18.3 Å². The minimum atomic E-state index is -0.486. The molecule has 2 bridgehead atoms.